The van der Waals surface area contributed by atoms with Crippen molar-refractivity contribution in [1.29, 1.82) is 5.26 Å². The number of fused-ring (bicyclic) bond motifs is 1. The average molecular weight is 397 g/mol. The van der Waals surface area contributed by atoms with Crippen LogP contribution in [0.1, 0.15) is 16.7 Å². The van der Waals surface area contributed by atoms with Crippen molar-refractivity contribution in [3.05, 3.63) is 77.5 Å². The molecule has 2 aromatic heterocycles. The minimum atomic E-state index is -0.394. The highest BCUT2D eigenvalue weighted by atomic mass is 16.5. The minimum absolute atomic E-state index is 0.189. The Morgan fingerprint density at radius 1 is 1.17 bits per heavy atom. The molecular formula is C23H19N5O2. The topological polar surface area (TPSA) is 92.8 Å². The molecule has 0 aliphatic carbocycles. The van der Waals surface area contributed by atoms with Crippen molar-refractivity contribution in [1.82, 2.24) is 14.8 Å². The second kappa shape index (κ2) is 8.05. The lowest BCUT2D eigenvalue weighted by Crippen LogP contribution is -2.22. The van der Waals surface area contributed by atoms with Crippen molar-refractivity contribution in [3.8, 4) is 17.6 Å². The van der Waals surface area contributed by atoms with Crippen molar-refractivity contribution in [2.75, 3.05) is 11.9 Å². The summed E-state index contributed by atoms with van der Waals surface area (Å²) in [7, 11) is 0. The standard InChI is InChI=1S/C23H19N5O2/c1-15-7-9-20(16(2)11-15)30-14-22(29)27-23-18(12-24)13-25-28(23)21-10-8-17-5-3-4-6-19(17)26-21/h3-11,13H,14H2,1-2H3,(H,27,29). The number of rotatable bonds is 5. The zero-order chi connectivity index (χ0) is 21.1. The van der Waals surface area contributed by atoms with Crippen LogP contribution in [-0.4, -0.2) is 27.3 Å². The van der Waals surface area contributed by atoms with Gasteiger partial charge < -0.3 is 10.1 Å². The molecule has 2 heterocycles. The maximum atomic E-state index is 12.5. The molecule has 4 aromatic rings. The van der Waals surface area contributed by atoms with Gasteiger partial charge in [0.05, 0.1) is 11.7 Å². The number of nitrogens with zero attached hydrogens (tertiary/aromatic N) is 4. The van der Waals surface area contributed by atoms with Gasteiger partial charge >= 0.3 is 0 Å². The molecule has 2 aromatic carbocycles. The first-order valence-corrected chi connectivity index (χ1v) is 9.39. The maximum absolute atomic E-state index is 12.5. The molecule has 0 atom stereocenters. The number of carbonyl (C=O) groups is 1. The monoisotopic (exact) mass is 397 g/mol. The maximum Gasteiger partial charge on any atom is 0.263 e. The number of carbonyl (C=O) groups excluding carboxylic acids is 1. The highest BCUT2D eigenvalue weighted by molar-refractivity contribution is 5.92. The van der Waals surface area contributed by atoms with Gasteiger partial charge in [0, 0.05) is 5.39 Å². The van der Waals surface area contributed by atoms with Crippen LogP contribution in [0.5, 0.6) is 5.75 Å². The van der Waals surface area contributed by atoms with Crippen LogP contribution in [0.4, 0.5) is 5.82 Å². The summed E-state index contributed by atoms with van der Waals surface area (Å²) in [5.41, 5.74) is 3.10. The molecule has 0 saturated carbocycles. The third kappa shape index (κ3) is 3.84. The molecular weight excluding hydrogens is 378 g/mol. The Bertz CT molecular complexity index is 1290. The van der Waals surface area contributed by atoms with E-state index in [4.69, 9.17) is 4.74 Å². The normalized spacial score (nSPS) is 10.6. The summed E-state index contributed by atoms with van der Waals surface area (Å²) in [5, 5.41) is 17.4. The molecule has 148 valence electrons. The van der Waals surface area contributed by atoms with Crippen LogP contribution in [0.25, 0.3) is 16.7 Å². The zero-order valence-electron chi connectivity index (χ0n) is 16.6. The van der Waals surface area contributed by atoms with E-state index in [0.29, 0.717) is 11.6 Å². The van der Waals surface area contributed by atoms with Gasteiger partial charge in [-0.1, -0.05) is 35.9 Å². The highest BCUT2D eigenvalue weighted by Gasteiger charge is 2.17. The van der Waals surface area contributed by atoms with Crippen molar-refractivity contribution >= 4 is 22.6 Å². The van der Waals surface area contributed by atoms with E-state index in [9.17, 15) is 10.1 Å². The van der Waals surface area contributed by atoms with E-state index in [1.807, 2.05) is 62.4 Å². The Morgan fingerprint density at radius 2 is 2.00 bits per heavy atom. The average Bonchev–Trinajstić information content (AvgIpc) is 3.15. The first-order chi connectivity index (χ1) is 14.5. The molecule has 7 heteroatoms. The third-order valence-electron chi connectivity index (χ3n) is 4.64. The van der Waals surface area contributed by atoms with E-state index >= 15 is 0 Å². The first kappa shape index (κ1) is 19.2. The number of amides is 1. The number of aryl methyl sites for hydroxylation is 2. The molecule has 0 aliphatic heterocycles. The van der Waals surface area contributed by atoms with Crippen LogP contribution in [-0.2, 0) is 4.79 Å². The van der Waals surface area contributed by atoms with Gasteiger partial charge in [0.2, 0.25) is 0 Å². The number of benzene rings is 2. The van der Waals surface area contributed by atoms with Gasteiger partial charge in [-0.3, -0.25) is 4.79 Å². The van der Waals surface area contributed by atoms with E-state index < -0.39 is 5.91 Å². The molecule has 7 nitrogen and oxygen atoms in total. The predicted octanol–water partition coefficient (Wildman–Crippen LogP) is 3.93. The minimum Gasteiger partial charge on any atom is -0.483 e. The van der Waals surface area contributed by atoms with Gasteiger partial charge in [-0.15, -0.1) is 0 Å². The van der Waals surface area contributed by atoms with E-state index in [0.717, 1.165) is 22.0 Å². The van der Waals surface area contributed by atoms with E-state index in [-0.39, 0.29) is 18.0 Å². The Kier molecular flexibility index (Phi) is 5.14. The summed E-state index contributed by atoms with van der Waals surface area (Å²) in [6.07, 6.45) is 1.40. The predicted molar refractivity (Wildman–Crippen MR) is 114 cm³/mol. The Hall–Kier alpha value is -4.18. The number of nitrogens with one attached hydrogen (secondary N) is 1. The zero-order valence-corrected chi connectivity index (χ0v) is 16.6. The van der Waals surface area contributed by atoms with E-state index in [2.05, 4.69) is 21.5 Å². The largest absolute Gasteiger partial charge is 0.483 e. The molecule has 0 aliphatic rings. The number of nitriles is 1. The van der Waals surface area contributed by atoms with Crippen molar-refractivity contribution in [3.63, 3.8) is 0 Å². The first-order valence-electron chi connectivity index (χ1n) is 9.39. The lowest BCUT2D eigenvalue weighted by Gasteiger charge is -2.12. The van der Waals surface area contributed by atoms with Crippen LogP contribution < -0.4 is 10.1 Å². The van der Waals surface area contributed by atoms with Crippen LogP contribution in [0, 0.1) is 25.2 Å². The van der Waals surface area contributed by atoms with Crippen LogP contribution in [0.2, 0.25) is 0 Å². The molecule has 1 N–H and O–H groups in total. The lowest BCUT2D eigenvalue weighted by atomic mass is 10.1. The van der Waals surface area contributed by atoms with Gasteiger partial charge in [-0.25, -0.2) is 4.98 Å². The molecule has 30 heavy (non-hydrogen) atoms. The number of aromatic nitrogens is 3. The molecule has 0 bridgehead atoms. The highest BCUT2D eigenvalue weighted by Crippen LogP contribution is 2.22. The number of pyridine rings is 1. The number of ether oxygens (including phenoxy) is 1. The molecule has 0 unspecified atom stereocenters. The van der Waals surface area contributed by atoms with Crippen molar-refractivity contribution in [2.24, 2.45) is 0 Å². The summed E-state index contributed by atoms with van der Waals surface area (Å²) in [6.45, 7) is 3.73. The van der Waals surface area contributed by atoms with Crippen LogP contribution >= 0.6 is 0 Å². The van der Waals surface area contributed by atoms with Gasteiger partial charge in [-0.05, 0) is 43.7 Å². The van der Waals surface area contributed by atoms with Gasteiger partial charge in [-0.2, -0.15) is 15.0 Å². The quantitative estimate of drug-likeness (QED) is 0.551. The van der Waals surface area contributed by atoms with Gasteiger partial charge in [0.15, 0.2) is 18.2 Å². The number of hydrogen-bond donors (Lipinski definition) is 1. The Morgan fingerprint density at radius 3 is 2.80 bits per heavy atom. The molecule has 0 spiro atoms. The fourth-order valence-corrected chi connectivity index (χ4v) is 3.17. The summed E-state index contributed by atoms with van der Waals surface area (Å²) in [6, 6.07) is 19.2. The smallest absolute Gasteiger partial charge is 0.263 e. The summed E-state index contributed by atoms with van der Waals surface area (Å²) >= 11 is 0. The fourth-order valence-electron chi connectivity index (χ4n) is 3.17. The number of hydrogen-bond acceptors (Lipinski definition) is 5. The van der Waals surface area contributed by atoms with Crippen molar-refractivity contribution in [2.45, 2.75) is 13.8 Å². The summed E-state index contributed by atoms with van der Waals surface area (Å²) < 4.78 is 7.08. The number of para-hydroxylation sites is 1. The van der Waals surface area contributed by atoms with E-state index in [1.165, 1.54) is 10.9 Å². The Balaban J connectivity index is 1.57. The number of anilines is 1. The SMILES string of the molecule is Cc1ccc(OCC(=O)Nc2c(C#N)cnn2-c2ccc3ccccc3n2)c(C)c1. The van der Waals surface area contributed by atoms with Gasteiger partial charge in [0.1, 0.15) is 17.4 Å². The molecule has 4 rings (SSSR count). The summed E-state index contributed by atoms with van der Waals surface area (Å²) in [4.78, 5) is 17.1. The van der Waals surface area contributed by atoms with Gasteiger partial charge in [0.25, 0.3) is 5.91 Å². The second-order valence-electron chi connectivity index (χ2n) is 6.90. The lowest BCUT2D eigenvalue weighted by molar-refractivity contribution is -0.118. The second-order valence-corrected chi connectivity index (χ2v) is 6.90. The van der Waals surface area contributed by atoms with Crippen molar-refractivity contribution < 1.29 is 9.53 Å². The molecule has 0 fully saturated rings. The van der Waals surface area contributed by atoms with E-state index in [1.54, 1.807) is 6.07 Å². The van der Waals surface area contributed by atoms with Crippen LogP contribution in [0.15, 0.2) is 60.8 Å². The molecule has 0 saturated heterocycles. The fraction of sp³-hybridized carbons (Fsp3) is 0.130. The molecule has 1 amide bonds. The molecule has 0 radical (unpaired) electrons. The third-order valence-corrected chi connectivity index (χ3v) is 4.64. The van der Waals surface area contributed by atoms with Crippen LogP contribution in [0.3, 0.4) is 0 Å². The summed E-state index contributed by atoms with van der Waals surface area (Å²) in [5.74, 6) is 1.00. The Labute approximate surface area is 173 Å².